The molecule has 0 fully saturated rings. The first-order valence-electron chi connectivity index (χ1n) is 7.22. The predicted octanol–water partition coefficient (Wildman–Crippen LogP) is 4.63. The molecule has 3 rings (SSSR count). The molecule has 24 heavy (non-hydrogen) atoms. The summed E-state index contributed by atoms with van der Waals surface area (Å²) >= 11 is 0. The SMILES string of the molecule is C=C(C)C(=O)O.C=C(C)C(=O)O.c1ccc2c(c1)-c1ccccc1-2. The first-order valence-corrected chi connectivity index (χ1v) is 7.22. The molecule has 1 aliphatic rings. The number of hydrogen-bond donors (Lipinski definition) is 2. The van der Waals surface area contributed by atoms with Crippen LogP contribution in [0.25, 0.3) is 22.3 Å². The van der Waals surface area contributed by atoms with Gasteiger partial charge in [-0.25, -0.2) is 9.59 Å². The Morgan fingerprint density at radius 2 is 0.833 bits per heavy atom. The minimum Gasteiger partial charge on any atom is -0.478 e. The molecule has 0 saturated carbocycles. The third kappa shape index (κ3) is 4.95. The molecule has 0 spiro atoms. The lowest BCUT2D eigenvalue weighted by Crippen LogP contribution is -1.96. The van der Waals surface area contributed by atoms with E-state index in [2.05, 4.69) is 61.7 Å². The Kier molecular flexibility index (Phi) is 6.68. The minimum absolute atomic E-state index is 0.176. The van der Waals surface area contributed by atoms with E-state index in [-0.39, 0.29) is 11.1 Å². The lowest BCUT2D eigenvalue weighted by molar-refractivity contribution is -0.133. The first kappa shape index (κ1) is 18.9. The van der Waals surface area contributed by atoms with Gasteiger partial charge in [-0.1, -0.05) is 61.7 Å². The van der Waals surface area contributed by atoms with Crippen molar-refractivity contribution >= 4 is 11.9 Å². The van der Waals surface area contributed by atoms with Gasteiger partial charge in [0, 0.05) is 11.1 Å². The molecule has 0 unspecified atom stereocenters. The topological polar surface area (TPSA) is 74.6 Å². The van der Waals surface area contributed by atoms with Crippen LogP contribution in [0.3, 0.4) is 0 Å². The van der Waals surface area contributed by atoms with Crippen LogP contribution in [0.5, 0.6) is 0 Å². The molecule has 0 saturated heterocycles. The average molecular weight is 324 g/mol. The maximum Gasteiger partial charge on any atom is 0.330 e. The van der Waals surface area contributed by atoms with E-state index in [4.69, 9.17) is 10.2 Å². The van der Waals surface area contributed by atoms with Crippen molar-refractivity contribution in [1.29, 1.82) is 0 Å². The number of hydrogen-bond acceptors (Lipinski definition) is 2. The second-order valence-electron chi connectivity index (χ2n) is 5.26. The van der Waals surface area contributed by atoms with Crippen molar-refractivity contribution in [2.75, 3.05) is 0 Å². The summed E-state index contributed by atoms with van der Waals surface area (Å²) in [6.07, 6.45) is 0. The Morgan fingerprint density at radius 1 is 0.667 bits per heavy atom. The molecule has 0 heterocycles. The van der Waals surface area contributed by atoms with Gasteiger partial charge in [-0.15, -0.1) is 0 Å². The Balaban J connectivity index is 0.000000207. The Bertz CT molecular complexity index is 640. The monoisotopic (exact) mass is 324 g/mol. The van der Waals surface area contributed by atoms with Gasteiger partial charge in [0.15, 0.2) is 0 Å². The van der Waals surface area contributed by atoms with Gasteiger partial charge in [-0.3, -0.25) is 0 Å². The van der Waals surface area contributed by atoms with E-state index in [9.17, 15) is 9.59 Å². The molecule has 0 aromatic heterocycles. The zero-order chi connectivity index (χ0) is 18.3. The summed E-state index contributed by atoms with van der Waals surface area (Å²) in [5.41, 5.74) is 5.94. The fourth-order valence-corrected chi connectivity index (χ4v) is 1.84. The maximum absolute atomic E-state index is 9.60. The summed E-state index contributed by atoms with van der Waals surface area (Å²) in [7, 11) is 0. The highest BCUT2D eigenvalue weighted by Crippen LogP contribution is 2.46. The molecule has 124 valence electrons. The van der Waals surface area contributed by atoms with Gasteiger partial charge in [-0.2, -0.15) is 0 Å². The molecule has 4 heteroatoms. The van der Waals surface area contributed by atoms with Crippen LogP contribution in [0.1, 0.15) is 13.8 Å². The summed E-state index contributed by atoms with van der Waals surface area (Å²) < 4.78 is 0. The Labute approximate surface area is 141 Å². The van der Waals surface area contributed by atoms with Crippen molar-refractivity contribution in [1.82, 2.24) is 0 Å². The summed E-state index contributed by atoms with van der Waals surface area (Å²) in [5.74, 6) is -1.87. The van der Waals surface area contributed by atoms with Crippen LogP contribution in [0.15, 0.2) is 72.8 Å². The van der Waals surface area contributed by atoms with Crippen molar-refractivity contribution in [3.05, 3.63) is 72.8 Å². The van der Waals surface area contributed by atoms with Crippen molar-refractivity contribution in [2.24, 2.45) is 0 Å². The smallest absolute Gasteiger partial charge is 0.330 e. The average Bonchev–Trinajstić information content (AvgIpc) is 2.53. The Hall–Kier alpha value is -3.14. The fraction of sp³-hybridized carbons (Fsp3) is 0.100. The van der Waals surface area contributed by atoms with Crippen LogP contribution in [-0.2, 0) is 9.59 Å². The second kappa shape index (κ2) is 8.48. The molecule has 2 aromatic rings. The van der Waals surface area contributed by atoms with Crippen LogP contribution in [-0.4, -0.2) is 22.2 Å². The van der Waals surface area contributed by atoms with E-state index in [1.807, 2.05) is 0 Å². The molecular weight excluding hydrogens is 304 g/mol. The van der Waals surface area contributed by atoms with Crippen LogP contribution < -0.4 is 0 Å². The lowest BCUT2D eigenvalue weighted by atomic mass is 9.81. The van der Waals surface area contributed by atoms with E-state index in [1.54, 1.807) is 0 Å². The van der Waals surface area contributed by atoms with Gasteiger partial charge in [-0.05, 0) is 36.1 Å². The highest BCUT2D eigenvalue weighted by molar-refractivity contribution is 6.02. The van der Waals surface area contributed by atoms with E-state index in [0.717, 1.165) is 0 Å². The van der Waals surface area contributed by atoms with E-state index in [1.165, 1.54) is 36.1 Å². The van der Waals surface area contributed by atoms with E-state index in [0.29, 0.717) is 0 Å². The highest BCUT2D eigenvalue weighted by atomic mass is 16.4. The van der Waals surface area contributed by atoms with Crippen molar-refractivity contribution in [3.63, 3.8) is 0 Å². The zero-order valence-corrected chi connectivity index (χ0v) is 13.7. The van der Waals surface area contributed by atoms with Crippen LogP contribution in [0, 0.1) is 0 Å². The minimum atomic E-state index is -0.935. The summed E-state index contributed by atoms with van der Waals surface area (Å²) in [4.78, 5) is 19.2. The third-order valence-corrected chi connectivity index (χ3v) is 3.16. The largest absolute Gasteiger partial charge is 0.478 e. The fourth-order valence-electron chi connectivity index (χ4n) is 1.84. The first-order chi connectivity index (χ1) is 11.3. The quantitative estimate of drug-likeness (QED) is 0.674. The third-order valence-electron chi connectivity index (χ3n) is 3.16. The molecule has 0 atom stereocenters. The number of aliphatic carboxylic acids is 2. The molecule has 1 aliphatic carbocycles. The molecule has 0 amide bonds. The van der Waals surface area contributed by atoms with Crippen LogP contribution in [0.2, 0.25) is 0 Å². The summed E-state index contributed by atoms with van der Waals surface area (Å²) in [5, 5.41) is 15.8. The molecule has 0 aliphatic heterocycles. The van der Waals surface area contributed by atoms with Gasteiger partial charge in [0.05, 0.1) is 0 Å². The van der Waals surface area contributed by atoms with E-state index < -0.39 is 11.9 Å². The van der Waals surface area contributed by atoms with Crippen molar-refractivity contribution in [2.45, 2.75) is 13.8 Å². The van der Waals surface area contributed by atoms with Crippen molar-refractivity contribution in [3.8, 4) is 22.3 Å². The van der Waals surface area contributed by atoms with Gasteiger partial charge >= 0.3 is 11.9 Å². The number of carboxylic acids is 2. The molecule has 0 bridgehead atoms. The highest BCUT2D eigenvalue weighted by Gasteiger charge is 2.19. The molecule has 0 radical (unpaired) electrons. The standard InChI is InChI=1S/C12H8.2C4H6O2/c1-2-6-10-9(5-1)11-7-3-4-8-12(10)11;2*1-3(2)4(5)6/h1-8H;2*1H2,2H3,(H,5,6). The van der Waals surface area contributed by atoms with Gasteiger partial charge in [0.2, 0.25) is 0 Å². The lowest BCUT2D eigenvalue weighted by Gasteiger charge is -2.22. The number of benzene rings is 2. The maximum atomic E-state index is 9.60. The molecule has 2 aromatic carbocycles. The molecule has 4 nitrogen and oxygen atoms in total. The zero-order valence-electron chi connectivity index (χ0n) is 13.7. The molecule has 2 N–H and O–H groups in total. The van der Waals surface area contributed by atoms with Gasteiger partial charge in [0.25, 0.3) is 0 Å². The van der Waals surface area contributed by atoms with Crippen molar-refractivity contribution < 1.29 is 19.8 Å². The summed E-state index contributed by atoms with van der Waals surface area (Å²) in [6, 6.07) is 17.1. The Morgan fingerprint density at radius 3 is 0.958 bits per heavy atom. The number of rotatable bonds is 2. The number of fused-ring (bicyclic) bond motifs is 4. The van der Waals surface area contributed by atoms with Gasteiger partial charge < -0.3 is 10.2 Å². The van der Waals surface area contributed by atoms with Crippen LogP contribution in [0.4, 0.5) is 0 Å². The van der Waals surface area contributed by atoms with Crippen LogP contribution >= 0.6 is 0 Å². The number of carboxylic acid groups (broad SMARTS) is 2. The second-order valence-corrected chi connectivity index (χ2v) is 5.26. The van der Waals surface area contributed by atoms with E-state index >= 15 is 0 Å². The number of carbonyl (C=O) groups is 2. The summed E-state index contributed by atoms with van der Waals surface area (Å²) in [6.45, 7) is 9.20. The normalized spacial score (nSPS) is 9.42. The predicted molar refractivity (Wildman–Crippen MR) is 95.8 cm³/mol. The van der Waals surface area contributed by atoms with Gasteiger partial charge in [0.1, 0.15) is 0 Å². The molecular formula is C20H20O4.